The molecular formula is C22H24N4O3. The number of nitrogens with zero attached hydrogens (tertiary/aromatic N) is 3. The summed E-state index contributed by atoms with van der Waals surface area (Å²) in [4.78, 5) is 35.3. The maximum atomic E-state index is 12.8. The standard InChI is InChI=1S/C22H24N4O3/c1-22(13-20(28)26(2)21(23)25-22)19-12-14(9-10-24-19)11-16(27)18-8-7-15-5-3-4-6-17(15)29-18/h3-6,9-10,12,18H,7-8,11,13H2,1-2H3,(H2,23,25). The SMILES string of the molecule is CN1C(=O)CC(C)(c2cc(CC(=O)C3CCc4ccccc4O3)ccn2)N=C1N. The van der Waals surface area contributed by atoms with E-state index in [1.54, 1.807) is 13.2 Å². The van der Waals surface area contributed by atoms with Gasteiger partial charge in [0.25, 0.3) is 0 Å². The highest BCUT2D eigenvalue weighted by Gasteiger charge is 2.37. The summed E-state index contributed by atoms with van der Waals surface area (Å²) < 4.78 is 5.92. The van der Waals surface area contributed by atoms with Crippen molar-refractivity contribution < 1.29 is 14.3 Å². The molecule has 0 saturated carbocycles. The maximum Gasteiger partial charge on any atom is 0.231 e. The summed E-state index contributed by atoms with van der Waals surface area (Å²) in [5.41, 5.74) is 7.64. The molecule has 0 aliphatic carbocycles. The molecule has 0 fully saturated rings. The average Bonchev–Trinajstić information content (AvgIpc) is 2.72. The Balaban J connectivity index is 1.51. The van der Waals surface area contributed by atoms with Crippen LogP contribution in [0.25, 0.3) is 0 Å². The minimum atomic E-state index is -0.840. The number of aliphatic imine (C=N–C) groups is 1. The molecule has 0 spiro atoms. The van der Waals surface area contributed by atoms with E-state index in [9.17, 15) is 9.59 Å². The third-order valence-corrected chi connectivity index (χ3v) is 5.61. The fraction of sp³-hybridized carbons (Fsp3) is 0.364. The van der Waals surface area contributed by atoms with Gasteiger partial charge in [-0.25, -0.2) is 4.99 Å². The molecule has 0 bridgehead atoms. The van der Waals surface area contributed by atoms with Crippen molar-refractivity contribution in [3.63, 3.8) is 0 Å². The zero-order valence-electron chi connectivity index (χ0n) is 16.6. The molecule has 4 rings (SSSR count). The fourth-order valence-electron chi connectivity index (χ4n) is 3.80. The van der Waals surface area contributed by atoms with Gasteiger partial charge in [-0.2, -0.15) is 0 Å². The summed E-state index contributed by atoms with van der Waals surface area (Å²) in [5, 5.41) is 0. The van der Waals surface area contributed by atoms with Gasteiger partial charge in [0, 0.05) is 19.7 Å². The van der Waals surface area contributed by atoms with E-state index in [0.29, 0.717) is 12.1 Å². The number of carbonyl (C=O) groups is 2. The van der Waals surface area contributed by atoms with Crippen LogP contribution in [0.1, 0.15) is 36.6 Å². The molecule has 2 aliphatic heterocycles. The molecule has 7 nitrogen and oxygen atoms in total. The Labute approximate surface area is 169 Å². The van der Waals surface area contributed by atoms with Gasteiger partial charge in [-0.1, -0.05) is 18.2 Å². The number of aromatic nitrogens is 1. The average molecular weight is 392 g/mol. The van der Waals surface area contributed by atoms with Gasteiger partial charge in [-0.05, 0) is 49.1 Å². The van der Waals surface area contributed by atoms with Gasteiger partial charge in [-0.15, -0.1) is 0 Å². The number of ketones is 1. The minimum Gasteiger partial charge on any atom is -0.482 e. The number of nitrogens with two attached hydrogens (primary N) is 1. The van der Waals surface area contributed by atoms with Crippen molar-refractivity contribution >= 4 is 17.6 Å². The summed E-state index contributed by atoms with van der Waals surface area (Å²) >= 11 is 0. The summed E-state index contributed by atoms with van der Waals surface area (Å²) in [7, 11) is 1.60. The molecule has 0 radical (unpaired) electrons. The van der Waals surface area contributed by atoms with Crippen LogP contribution in [0.15, 0.2) is 47.6 Å². The monoisotopic (exact) mass is 392 g/mol. The molecule has 2 aromatic rings. The molecule has 1 amide bonds. The van der Waals surface area contributed by atoms with Crippen LogP contribution in [-0.2, 0) is 28.0 Å². The van der Waals surface area contributed by atoms with Crippen molar-refractivity contribution in [2.45, 2.75) is 44.2 Å². The molecule has 2 aliphatic rings. The maximum absolute atomic E-state index is 12.8. The van der Waals surface area contributed by atoms with E-state index in [2.05, 4.69) is 9.98 Å². The van der Waals surface area contributed by atoms with Crippen molar-refractivity contribution in [3.05, 3.63) is 59.4 Å². The molecule has 3 heterocycles. The molecule has 1 aromatic carbocycles. The van der Waals surface area contributed by atoms with E-state index in [1.807, 2.05) is 43.3 Å². The number of para-hydroxylation sites is 1. The van der Waals surface area contributed by atoms with Crippen molar-refractivity contribution in [1.29, 1.82) is 0 Å². The van der Waals surface area contributed by atoms with E-state index >= 15 is 0 Å². The number of hydrogen-bond donors (Lipinski definition) is 1. The Morgan fingerprint density at radius 2 is 2.14 bits per heavy atom. The zero-order chi connectivity index (χ0) is 20.6. The molecule has 0 saturated heterocycles. The first-order valence-electron chi connectivity index (χ1n) is 9.70. The van der Waals surface area contributed by atoms with Crippen LogP contribution in [0.5, 0.6) is 5.75 Å². The first kappa shape index (κ1) is 19.1. The van der Waals surface area contributed by atoms with Gasteiger partial charge >= 0.3 is 0 Å². The van der Waals surface area contributed by atoms with E-state index in [1.165, 1.54) is 4.90 Å². The van der Waals surface area contributed by atoms with Crippen molar-refractivity contribution in [2.24, 2.45) is 10.7 Å². The molecule has 7 heteroatoms. The second kappa shape index (κ2) is 7.31. The van der Waals surface area contributed by atoms with Crippen LogP contribution in [0.4, 0.5) is 0 Å². The number of ether oxygens (including phenoxy) is 1. The van der Waals surface area contributed by atoms with Crippen LogP contribution in [0.2, 0.25) is 0 Å². The topological polar surface area (TPSA) is 97.9 Å². The van der Waals surface area contributed by atoms with E-state index in [-0.39, 0.29) is 30.5 Å². The van der Waals surface area contributed by atoms with Gasteiger partial charge in [-0.3, -0.25) is 19.5 Å². The lowest BCUT2D eigenvalue weighted by Gasteiger charge is -2.33. The third kappa shape index (κ3) is 3.72. The van der Waals surface area contributed by atoms with E-state index in [0.717, 1.165) is 23.3 Å². The predicted molar refractivity (Wildman–Crippen MR) is 108 cm³/mol. The van der Waals surface area contributed by atoms with Gasteiger partial charge in [0.05, 0.1) is 12.1 Å². The third-order valence-electron chi connectivity index (χ3n) is 5.61. The van der Waals surface area contributed by atoms with Gasteiger partial charge in [0.1, 0.15) is 11.3 Å². The zero-order valence-corrected chi connectivity index (χ0v) is 16.6. The number of Topliss-reactive ketones (excluding diaryl/α,β-unsaturated/α-hetero) is 1. The Morgan fingerprint density at radius 1 is 1.34 bits per heavy atom. The number of pyridine rings is 1. The van der Waals surface area contributed by atoms with Crippen molar-refractivity contribution in [3.8, 4) is 5.75 Å². The van der Waals surface area contributed by atoms with Gasteiger partial charge in [0.2, 0.25) is 5.91 Å². The van der Waals surface area contributed by atoms with Crippen LogP contribution in [0.3, 0.4) is 0 Å². The highest BCUT2D eigenvalue weighted by Crippen LogP contribution is 2.32. The largest absolute Gasteiger partial charge is 0.482 e. The molecule has 2 atom stereocenters. The van der Waals surface area contributed by atoms with E-state index in [4.69, 9.17) is 10.5 Å². The fourth-order valence-corrected chi connectivity index (χ4v) is 3.80. The van der Waals surface area contributed by atoms with E-state index < -0.39 is 11.6 Å². The molecule has 2 unspecified atom stereocenters. The van der Waals surface area contributed by atoms with Crippen molar-refractivity contribution in [1.82, 2.24) is 9.88 Å². The molecule has 1 aromatic heterocycles. The lowest BCUT2D eigenvalue weighted by molar-refractivity contribution is -0.128. The highest BCUT2D eigenvalue weighted by molar-refractivity contribution is 5.98. The number of hydrogen-bond acceptors (Lipinski definition) is 6. The van der Waals surface area contributed by atoms with Crippen LogP contribution < -0.4 is 10.5 Å². The predicted octanol–water partition coefficient (Wildman–Crippen LogP) is 1.98. The first-order valence-corrected chi connectivity index (χ1v) is 9.70. The van der Waals surface area contributed by atoms with Crippen LogP contribution >= 0.6 is 0 Å². The number of carbonyl (C=O) groups excluding carboxylic acids is 2. The Bertz CT molecular complexity index is 1000. The normalized spacial score (nSPS) is 23.8. The molecular weight excluding hydrogens is 368 g/mol. The molecule has 2 N–H and O–H groups in total. The summed E-state index contributed by atoms with van der Waals surface area (Å²) in [6.45, 7) is 1.83. The summed E-state index contributed by atoms with van der Waals surface area (Å²) in [6.07, 6.45) is 3.12. The summed E-state index contributed by atoms with van der Waals surface area (Å²) in [5.74, 6) is 0.873. The number of rotatable bonds is 4. The number of aryl methyl sites for hydroxylation is 1. The number of benzene rings is 1. The lowest BCUT2D eigenvalue weighted by Crippen LogP contribution is -2.47. The Hall–Kier alpha value is -3.22. The van der Waals surface area contributed by atoms with Gasteiger partial charge in [0.15, 0.2) is 17.8 Å². The van der Waals surface area contributed by atoms with Gasteiger partial charge < -0.3 is 10.5 Å². The number of fused-ring (bicyclic) bond motifs is 1. The minimum absolute atomic E-state index is 0.0317. The number of guanidine groups is 1. The highest BCUT2D eigenvalue weighted by atomic mass is 16.5. The Morgan fingerprint density at radius 3 is 2.93 bits per heavy atom. The first-order chi connectivity index (χ1) is 13.9. The smallest absolute Gasteiger partial charge is 0.231 e. The summed E-state index contributed by atoms with van der Waals surface area (Å²) in [6, 6.07) is 11.5. The molecule has 29 heavy (non-hydrogen) atoms. The second-order valence-corrected chi connectivity index (χ2v) is 7.82. The van der Waals surface area contributed by atoms with Crippen LogP contribution in [0, 0.1) is 0 Å². The number of amides is 1. The van der Waals surface area contributed by atoms with Crippen LogP contribution in [-0.4, -0.2) is 40.7 Å². The second-order valence-electron chi connectivity index (χ2n) is 7.82. The Kier molecular flexibility index (Phi) is 4.82. The molecule has 150 valence electrons. The lowest BCUT2D eigenvalue weighted by atomic mass is 9.90. The van der Waals surface area contributed by atoms with Crippen molar-refractivity contribution in [2.75, 3.05) is 7.05 Å². The quantitative estimate of drug-likeness (QED) is 0.858.